The van der Waals surface area contributed by atoms with E-state index in [2.05, 4.69) is 0 Å². The zero-order chi connectivity index (χ0) is 16.5. The van der Waals surface area contributed by atoms with Gasteiger partial charge in [0.25, 0.3) is 20.0 Å². The van der Waals surface area contributed by atoms with Crippen LogP contribution in [0.25, 0.3) is 0 Å². The first-order valence-corrected chi connectivity index (χ1v) is 10.9. The van der Waals surface area contributed by atoms with Gasteiger partial charge in [-0.2, -0.15) is 8.61 Å². The third-order valence-corrected chi connectivity index (χ3v) is 9.50. The van der Waals surface area contributed by atoms with Crippen molar-refractivity contribution in [2.24, 2.45) is 0 Å². The predicted molar refractivity (Wildman–Crippen MR) is 83.5 cm³/mol. The second-order valence-electron chi connectivity index (χ2n) is 5.11. The van der Waals surface area contributed by atoms with Crippen LogP contribution in [0.15, 0.2) is 20.6 Å². The van der Waals surface area contributed by atoms with Crippen LogP contribution in [-0.4, -0.2) is 78.1 Å². The highest BCUT2D eigenvalue weighted by molar-refractivity contribution is 7.93. The van der Waals surface area contributed by atoms with Gasteiger partial charge in [0.2, 0.25) is 0 Å². The van der Waals surface area contributed by atoms with Gasteiger partial charge in [-0.3, -0.25) is 0 Å². The van der Waals surface area contributed by atoms with Crippen molar-refractivity contribution in [3.8, 4) is 0 Å². The van der Waals surface area contributed by atoms with Gasteiger partial charge in [-0.25, -0.2) is 16.8 Å². The van der Waals surface area contributed by atoms with Gasteiger partial charge in [0.05, 0.1) is 26.4 Å². The Kier molecular flexibility index (Phi) is 5.06. The van der Waals surface area contributed by atoms with Crippen molar-refractivity contribution in [2.45, 2.75) is 8.42 Å². The van der Waals surface area contributed by atoms with E-state index in [9.17, 15) is 16.8 Å². The van der Waals surface area contributed by atoms with Crippen LogP contribution < -0.4 is 0 Å². The number of morpholine rings is 2. The lowest BCUT2D eigenvalue weighted by Gasteiger charge is -2.26. The van der Waals surface area contributed by atoms with Gasteiger partial charge >= 0.3 is 0 Å². The van der Waals surface area contributed by atoms with Crippen LogP contribution in [-0.2, 0) is 29.5 Å². The van der Waals surface area contributed by atoms with Crippen LogP contribution in [0.1, 0.15) is 0 Å². The monoisotopic (exact) mass is 382 g/mol. The van der Waals surface area contributed by atoms with Gasteiger partial charge in [0.15, 0.2) is 0 Å². The molecule has 0 saturated carbocycles. The summed E-state index contributed by atoms with van der Waals surface area (Å²) < 4.78 is 63.3. The standard InChI is InChI=1S/C12H18N2O6S3/c15-22(16,13-3-7-19-8-4-13)11-1-2-12(21-11)23(17,18)14-5-9-20-10-6-14/h1-2H,3-10H2. The molecule has 1 aromatic heterocycles. The molecule has 0 bridgehead atoms. The van der Waals surface area contributed by atoms with Crippen molar-refractivity contribution in [1.82, 2.24) is 8.61 Å². The molecular formula is C12H18N2O6S3. The Morgan fingerprint density at radius 1 is 0.739 bits per heavy atom. The molecule has 2 aliphatic rings. The maximum atomic E-state index is 12.6. The summed E-state index contributed by atoms with van der Waals surface area (Å²) in [5, 5.41) is 0. The predicted octanol–water partition coefficient (Wildman–Crippen LogP) is -0.210. The third kappa shape index (κ3) is 3.45. The van der Waals surface area contributed by atoms with Crippen LogP contribution in [0.5, 0.6) is 0 Å². The highest BCUT2D eigenvalue weighted by Crippen LogP contribution is 2.30. The van der Waals surface area contributed by atoms with Crippen LogP contribution in [0, 0.1) is 0 Å². The molecule has 0 spiro atoms. The van der Waals surface area contributed by atoms with Gasteiger partial charge < -0.3 is 9.47 Å². The van der Waals surface area contributed by atoms with Gasteiger partial charge in [0, 0.05) is 26.2 Å². The second kappa shape index (κ2) is 6.75. The minimum absolute atomic E-state index is 0.0474. The van der Waals surface area contributed by atoms with Crippen molar-refractivity contribution in [2.75, 3.05) is 52.6 Å². The molecule has 3 heterocycles. The van der Waals surface area contributed by atoms with Crippen LogP contribution in [0.4, 0.5) is 0 Å². The lowest BCUT2D eigenvalue weighted by atomic mass is 10.5. The Balaban J connectivity index is 1.84. The van der Waals surface area contributed by atoms with Crippen molar-refractivity contribution < 1.29 is 26.3 Å². The molecule has 130 valence electrons. The Hall–Kier alpha value is -0.560. The van der Waals surface area contributed by atoms with Gasteiger partial charge in [-0.1, -0.05) is 0 Å². The summed E-state index contributed by atoms with van der Waals surface area (Å²) in [4.78, 5) is 0. The van der Waals surface area contributed by atoms with Crippen molar-refractivity contribution >= 4 is 31.4 Å². The molecular weight excluding hydrogens is 364 g/mol. The van der Waals surface area contributed by atoms with E-state index in [1.165, 1.54) is 20.7 Å². The average Bonchev–Trinajstić information content (AvgIpc) is 3.08. The number of ether oxygens (including phenoxy) is 2. The highest BCUT2D eigenvalue weighted by atomic mass is 32.3. The Bertz CT molecular complexity index is 683. The van der Waals surface area contributed by atoms with Crippen molar-refractivity contribution in [1.29, 1.82) is 0 Å². The van der Waals surface area contributed by atoms with Gasteiger partial charge in [0.1, 0.15) is 8.42 Å². The summed E-state index contributed by atoms with van der Waals surface area (Å²) in [6, 6.07) is 2.73. The van der Waals surface area contributed by atoms with Crippen LogP contribution in [0.2, 0.25) is 0 Å². The van der Waals surface area contributed by atoms with Crippen LogP contribution >= 0.6 is 11.3 Å². The van der Waals surface area contributed by atoms with E-state index in [1.54, 1.807) is 0 Å². The molecule has 0 radical (unpaired) electrons. The molecule has 0 N–H and O–H groups in total. The molecule has 0 aliphatic carbocycles. The Morgan fingerprint density at radius 3 is 1.43 bits per heavy atom. The maximum absolute atomic E-state index is 12.6. The number of rotatable bonds is 4. The Labute approximate surface area is 139 Å². The molecule has 8 nitrogen and oxygen atoms in total. The number of hydrogen-bond donors (Lipinski definition) is 0. The Morgan fingerprint density at radius 2 is 1.09 bits per heavy atom. The molecule has 0 atom stereocenters. The first-order chi connectivity index (χ1) is 10.9. The van der Waals surface area contributed by atoms with Gasteiger partial charge in [-0.15, -0.1) is 11.3 Å². The fourth-order valence-electron chi connectivity index (χ4n) is 2.41. The largest absolute Gasteiger partial charge is 0.379 e. The minimum Gasteiger partial charge on any atom is -0.379 e. The van der Waals surface area contributed by atoms with E-state index in [1.807, 2.05) is 0 Å². The average molecular weight is 382 g/mol. The minimum atomic E-state index is -3.67. The zero-order valence-corrected chi connectivity index (χ0v) is 14.8. The summed E-state index contributed by atoms with van der Waals surface area (Å²) in [6.07, 6.45) is 0. The molecule has 11 heteroatoms. The first-order valence-electron chi connectivity index (χ1n) is 7.18. The van der Waals surface area contributed by atoms with E-state index in [-0.39, 0.29) is 34.6 Å². The van der Waals surface area contributed by atoms with E-state index in [4.69, 9.17) is 9.47 Å². The molecule has 1 aromatic rings. The quantitative estimate of drug-likeness (QED) is 0.715. The fraction of sp³-hybridized carbons (Fsp3) is 0.667. The lowest BCUT2D eigenvalue weighted by Crippen LogP contribution is -2.40. The molecule has 0 aromatic carbocycles. The SMILES string of the molecule is O=S(=O)(c1ccc(S(=O)(=O)N2CCOCC2)s1)N1CCOCC1. The molecule has 2 fully saturated rings. The summed E-state index contributed by atoms with van der Waals surface area (Å²) in [7, 11) is -7.34. The van der Waals surface area contributed by atoms with E-state index in [0.29, 0.717) is 26.4 Å². The van der Waals surface area contributed by atoms with Crippen molar-refractivity contribution in [3.05, 3.63) is 12.1 Å². The number of nitrogens with zero attached hydrogens (tertiary/aromatic N) is 2. The zero-order valence-electron chi connectivity index (χ0n) is 12.4. The molecule has 3 rings (SSSR count). The second-order valence-corrected chi connectivity index (χ2v) is 10.5. The summed E-state index contributed by atoms with van der Waals surface area (Å²) in [6.45, 7) is 2.54. The third-order valence-electron chi connectivity index (χ3n) is 3.69. The summed E-state index contributed by atoms with van der Waals surface area (Å²) in [5.41, 5.74) is 0. The normalized spacial score (nSPS) is 22.3. The van der Waals surface area contributed by atoms with E-state index < -0.39 is 20.0 Å². The number of sulfonamides is 2. The molecule has 2 aliphatic heterocycles. The molecule has 0 unspecified atom stereocenters. The lowest BCUT2D eigenvalue weighted by molar-refractivity contribution is 0.0731. The van der Waals surface area contributed by atoms with E-state index >= 15 is 0 Å². The number of thiophene rings is 1. The molecule has 0 amide bonds. The summed E-state index contributed by atoms with van der Waals surface area (Å²) in [5.74, 6) is 0. The number of hydrogen-bond acceptors (Lipinski definition) is 7. The highest BCUT2D eigenvalue weighted by Gasteiger charge is 2.32. The van der Waals surface area contributed by atoms with E-state index in [0.717, 1.165) is 11.3 Å². The van der Waals surface area contributed by atoms with Gasteiger partial charge in [-0.05, 0) is 12.1 Å². The topological polar surface area (TPSA) is 93.2 Å². The molecule has 2 saturated heterocycles. The van der Waals surface area contributed by atoms with Crippen molar-refractivity contribution in [3.63, 3.8) is 0 Å². The smallest absolute Gasteiger partial charge is 0.252 e. The summed E-state index contributed by atoms with van der Waals surface area (Å²) >= 11 is 0.793. The van der Waals surface area contributed by atoms with Crippen LogP contribution in [0.3, 0.4) is 0 Å². The maximum Gasteiger partial charge on any atom is 0.252 e. The first kappa shape index (κ1) is 17.3. The fourth-order valence-corrected chi connectivity index (χ4v) is 7.30. The molecule has 23 heavy (non-hydrogen) atoms.